The first-order chi connectivity index (χ1) is 8.91. The molecule has 19 heavy (non-hydrogen) atoms. The number of rotatable bonds is 4. The number of aryl methyl sites for hydroxylation is 1. The van der Waals surface area contributed by atoms with Crippen LogP contribution in [0.3, 0.4) is 0 Å². The van der Waals surface area contributed by atoms with Gasteiger partial charge in [0.1, 0.15) is 0 Å². The zero-order valence-corrected chi connectivity index (χ0v) is 11.7. The van der Waals surface area contributed by atoms with E-state index in [1.54, 1.807) is 13.3 Å². The van der Waals surface area contributed by atoms with Crippen molar-refractivity contribution in [3.63, 3.8) is 0 Å². The third kappa shape index (κ3) is 2.46. The summed E-state index contributed by atoms with van der Waals surface area (Å²) in [4.78, 5) is 17.5. The van der Waals surface area contributed by atoms with Crippen LogP contribution >= 0.6 is 0 Å². The van der Waals surface area contributed by atoms with Gasteiger partial charge in [-0.1, -0.05) is 13.0 Å². The Hall–Kier alpha value is -1.88. The Kier molecular flexibility index (Phi) is 3.57. The molecule has 0 spiro atoms. The van der Waals surface area contributed by atoms with Crippen LogP contribution in [-0.2, 0) is 11.8 Å². The van der Waals surface area contributed by atoms with Crippen molar-refractivity contribution in [2.75, 3.05) is 14.1 Å². The van der Waals surface area contributed by atoms with Gasteiger partial charge in [-0.2, -0.15) is 0 Å². The summed E-state index contributed by atoms with van der Waals surface area (Å²) in [5, 5.41) is 9.23. The maximum Gasteiger partial charge on any atom is 0.308 e. The summed E-state index contributed by atoms with van der Waals surface area (Å²) in [6.45, 7) is 1.73. The number of nitrogens with zero attached hydrogens (tertiary/aromatic N) is 3. The molecule has 102 valence electrons. The van der Waals surface area contributed by atoms with Crippen LogP contribution in [0, 0.1) is 5.92 Å². The lowest BCUT2D eigenvalue weighted by Crippen LogP contribution is -2.30. The Labute approximate surface area is 112 Å². The first-order valence-corrected chi connectivity index (χ1v) is 6.22. The molecule has 0 aliphatic carbocycles. The van der Waals surface area contributed by atoms with E-state index in [-0.39, 0.29) is 6.04 Å². The van der Waals surface area contributed by atoms with Gasteiger partial charge in [-0.15, -0.1) is 0 Å². The number of hydrogen-bond donors (Lipinski definition) is 1. The van der Waals surface area contributed by atoms with Gasteiger partial charge in [0.05, 0.1) is 23.3 Å². The fourth-order valence-corrected chi connectivity index (χ4v) is 2.51. The van der Waals surface area contributed by atoms with Crippen LogP contribution in [0.1, 0.15) is 18.5 Å². The molecule has 2 unspecified atom stereocenters. The maximum absolute atomic E-state index is 11.2. The number of fused-ring (bicyclic) bond motifs is 1. The first-order valence-electron chi connectivity index (χ1n) is 6.22. The van der Waals surface area contributed by atoms with Crippen LogP contribution in [-0.4, -0.2) is 39.6 Å². The summed E-state index contributed by atoms with van der Waals surface area (Å²) in [6.07, 6.45) is 1.76. The highest BCUT2D eigenvalue weighted by Gasteiger charge is 2.27. The molecule has 0 saturated carbocycles. The summed E-state index contributed by atoms with van der Waals surface area (Å²) < 4.78 is 1.95. The molecule has 5 nitrogen and oxygen atoms in total. The summed E-state index contributed by atoms with van der Waals surface area (Å²) in [6, 6.07) is 5.78. The lowest BCUT2D eigenvalue weighted by atomic mass is 9.93. The van der Waals surface area contributed by atoms with Crippen molar-refractivity contribution < 1.29 is 9.90 Å². The van der Waals surface area contributed by atoms with Gasteiger partial charge >= 0.3 is 5.97 Å². The van der Waals surface area contributed by atoms with Crippen LogP contribution in [0.2, 0.25) is 0 Å². The van der Waals surface area contributed by atoms with Gasteiger partial charge in [0.25, 0.3) is 0 Å². The van der Waals surface area contributed by atoms with E-state index < -0.39 is 11.9 Å². The Balaban J connectivity index is 2.47. The minimum absolute atomic E-state index is 0.163. The maximum atomic E-state index is 11.2. The van der Waals surface area contributed by atoms with E-state index in [0.717, 1.165) is 16.6 Å². The smallest absolute Gasteiger partial charge is 0.308 e. The van der Waals surface area contributed by atoms with Crippen molar-refractivity contribution in [3.8, 4) is 0 Å². The Morgan fingerprint density at radius 1 is 1.42 bits per heavy atom. The summed E-state index contributed by atoms with van der Waals surface area (Å²) in [7, 11) is 5.73. The van der Waals surface area contributed by atoms with E-state index in [2.05, 4.69) is 4.98 Å². The van der Waals surface area contributed by atoms with Crippen LogP contribution in [0.15, 0.2) is 24.5 Å². The molecule has 1 N–H and O–H groups in total. The lowest BCUT2D eigenvalue weighted by molar-refractivity contribution is -0.143. The first kappa shape index (κ1) is 13.5. The Bertz CT molecular complexity index is 604. The largest absolute Gasteiger partial charge is 0.481 e. The van der Waals surface area contributed by atoms with Gasteiger partial charge in [0, 0.05) is 13.1 Å². The number of benzene rings is 1. The van der Waals surface area contributed by atoms with Crippen molar-refractivity contribution in [1.29, 1.82) is 0 Å². The van der Waals surface area contributed by atoms with Gasteiger partial charge in [0.15, 0.2) is 0 Å². The fourth-order valence-electron chi connectivity index (χ4n) is 2.51. The summed E-state index contributed by atoms with van der Waals surface area (Å²) in [5.74, 6) is -1.27. The van der Waals surface area contributed by atoms with E-state index in [1.165, 1.54) is 0 Å². The minimum atomic E-state index is -0.792. The van der Waals surface area contributed by atoms with Gasteiger partial charge in [-0.25, -0.2) is 4.98 Å². The summed E-state index contributed by atoms with van der Waals surface area (Å²) >= 11 is 0. The topological polar surface area (TPSA) is 58.4 Å². The van der Waals surface area contributed by atoms with Gasteiger partial charge in [0.2, 0.25) is 0 Å². The molecule has 0 fully saturated rings. The Morgan fingerprint density at radius 3 is 2.68 bits per heavy atom. The zero-order valence-electron chi connectivity index (χ0n) is 11.7. The number of aliphatic carboxylic acids is 1. The normalized spacial score (nSPS) is 14.8. The molecule has 5 heteroatoms. The number of aromatic nitrogens is 2. The number of carboxylic acids is 1. The predicted molar refractivity (Wildman–Crippen MR) is 73.9 cm³/mol. The van der Waals surface area contributed by atoms with E-state index in [0.29, 0.717) is 0 Å². The third-order valence-electron chi connectivity index (χ3n) is 3.51. The fraction of sp³-hybridized carbons (Fsp3) is 0.429. The molecule has 2 rings (SSSR count). The lowest BCUT2D eigenvalue weighted by Gasteiger charge is -2.28. The highest BCUT2D eigenvalue weighted by Crippen LogP contribution is 2.29. The van der Waals surface area contributed by atoms with Crippen molar-refractivity contribution in [2.45, 2.75) is 13.0 Å². The zero-order chi connectivity index (χ0) is 14.2. The standard InChI is InChI=1S/C14H19N3O2/c1-9(14(18)19)13(16(2)3)10-5-6-12-11(7-10)15-8-17(12)4/h5-9,13H,1-4H3,(H,18,19). The molecule has 2 aromatic rings. The number of hydrogen-bond acceptors (Lipinski definition) is 3. The van der Waals surface area contributed by atoms with Gasteiger partial charge < -0.3 is 14.6 Å². The molecule has 0 radical (unpaired) electrons. The average molecular weight is 261 g/mol. The van der Waals surface area contributed by atoms with E-state index in [1.807, 2.05) is 48.8 Å². The molecule has 0 amide bonds. The van der Waals surface area contributed by atoms with Crippen molar-refractivity contribution >= 4 is 17.0 Å². The summed E-state index contributed by atoms with van der Waals surface area (Å²) in [5.41, 5.74) is 2.92. The Morgan fingerprint density at radius 2 is 2.11 bits per heavy atom. The second-order valence-corrected chi connectivity index (χ2v) is 5.14. The molecular formula is C14H19N3O2. The molecule has 2 atom stereocenters. The molecule has 0 bridgehead atoms. The van der Waals surface area contributed by atoms with Crippen molar-refractivity contribution in [2.24, 2.45) is 13.0 Å². The highest BCUT2D eigenvalue weighted by molar-refractivity contribution is 5.77. The number of carboxylic acid groups (broad SMARTS) is 1. The van der Waals surface area contributed by atoms with Crippen LogP contribution < -0.4 is 0 Å². The van der Waals surface area contributed by atoms with Gasteiger partial charge in [-0.05, 0) is 31.8 Å². The van der Waals surface area contributed by atoms with Crippen molar-refractivity contribution in [3.05, 3.63) is 30.1 Å². The second-order valence-electron chi connectivity index (χ2n) is 5.14. The predicted octanol–water partition coefficient (Wildman–Crippen LogP) is 1.90. The van der Waals surface area contributed by atoms with Gasteiger partial charge in [-0.3, -0.25) is 4.79 Å². The average Bonchev–Trinajstić information content (AvgIpc) is 2.70. The van der Waals surface area contributed by atoms with Crippen LogP contribution in [0.25, 0.3) is 11.0 Å². The molecule has 0 saturated heterocycles. The minimum Gasteiger partial charge on any atom is -0.481 e. The third-order valence-corrected chi connectivity index (χ3v) is 3.51. The van der Waals surface area contributed by atoms with Crippen LogP contribution in [0.4, 0.5) is 0 Å². The van der Waals surface area contributed by atoms with E-state index >= 15 is 0 Å². The quantitative estimate of drug-likeness (QED) is 0.913. The molecular weight excluding hydrogens is 242 g/mol. The monoisotopic (exact) mass is 261 g/mol. The molecule has 1 heterocycles. The van der Waals surface area contributed by atoms with Crippen LogP contribution in [0.5, 0.6) is 0 Å². The highest BCUT2D eigenvalue weighted by atomic mass is 16.4. The molecule has 0 aliphatic rings. The number of imidazole rings is 1. The molecule has 0 aliphatic heterocycles. The molecule has 1 aromatic heterocycles. The second kappa shape index (κ2) is 5.01. The number of carbonyl (C=O) groups is 1. The molecule has 1 aromatic carbocycles. The van der Waals surface area contributed by atoms with E-state index in [9.17, 15) is 9.90 Å². The van der Waals surface area contributed by atoms with Crippen molar-refractivity contribution in [1.82, 2.24) is 14.5 Å². The van der Waals surface area contributed by atoms with E-state index in [4.69, 9.17) is 0 Å². The SMILES string of the molecule is CC(C(=O)O)C(c1ccc2c(c1)ncn2C)N(C)C.